The van der Waals surface area contributed by atoms with Crippen LogP contribution in [0.2, 0.25) is 0 Å². The molecule has 5 atom stereocenters. The molecule has 0 saturated carbocycles. The zero-order valence-electron chi connectivity index (χ0n) is 32.6. The fourth-order valence-electron chi connectivity index (χ4n) is 7.78. The highest BCUT2D eigenvalue weighted by Gasteiger charge is 2.64. The van der Waals surface area contributed by atoms with Crippen LogP contribution in [0.15, 0.2) is 60.7 Å². The summed E-state index contributed by atoms with van der Waals surface area (Å²) < 4.78 is 31.1. The quantitative estimate of drug-likeness (QED) is 0.147. The van der Waals surface area contributed by atoms with Crippen molar-refractivity contribution < 1.29 is 32.8 Å². The summed E-state index contributed by atoms with van der Waals surface area (Å²) in [5.41, 5.74) is 18.0. The molecule has 3 amide bonds. The number of amides is 3. The predicted octanol–water partition coefficient (Wildman–Crippen LogP) is 3.65. The Balaban J connectivity index is 1.47. The Labute approximate surface area is 324 Å². The molecular formula is C42H60F2N6O5. The Morgan fingerprint density at radius 2 is 1.35 bits per heavy atom. The summed E-state index contributed by atoms with van der Waals surface area (Å²) >= 11 is 0. The van der Waals surface area contributed by atoms with Crippen LogP contribution in [-0.4, -0.2) is 95.9 Å². The minimum atomic E-state index is -3.22. The average molecular weight is 767 g/mol. The second-order valence-corrected chi connectivity index (χ2v) is 16.2. The first-order valence-electron chi connectivity index (χ1n) is 19.7. The Kier molecular flexibility index (Phi) is 15.6. The number of Topliss-reactive ketones (excluding diaryl/α,β-unsaturated/α-hetero) is 2. The zero-order valence-corrected chi connectivity index (χ0v) is 32.6. The predicted molar refractivity (Wildman–Crippen MR) is 208 cm³/mol. The first-order valence-corrected chi connectivity index (χ1v) is 19.7. The van der Waals surface area contributed by atoms with Crippen molar-refractivity contribution in [2.45, 2.75) is 103 Å². The number of rotatable bonds is 20. The highest BCUT2D eigenvalue weighted by molar-refractivity contribution is 5.95. The molecule has 0 aliphatic carbocycles. The number of piperidine rings is 1. The van der Waals surface area contributed by atoms with Gasteiger partial charge in [-0.1, -0.05) is 80.9 Å². The SMILES string of the molecule is CC(C)C[C@@H](NC(=O)[C@H](CC(=O)[C@H](N)Cc1ccccc1)Cc1ccccc1)C(=O)C[C@H](CCCCN)C(=O)N1CC2(CCN(C(=O)[C@@H](C)N)CC2(F)F)C1. The highest BCUT2D eigenvalue weighted by atomic mass is 19.3. The van der Waals surface area contributed by atoms with E-state index >= 15 is 8.78 Å². The first kappa shape index (κ1) is 43.7. The van der Waals surface area contributed by atoms with Crippen LogP contribution in [0, 0.1) is 23.2 Å². The zero-order chi connectivity index (χ0) is 40.3. The van der Waals surface area contributed by atoms with Gasteiger partial charge in [-0.25, -0.2) is 8.78 Å². The van der Waals surface area contributed by atoms with E-state index in [0.717, 1.165) is 16.0 Å². The molecule has 1 spiro atoms. The van der Waals surface area contributed by atoms with E-state index in [1.54, 1.807) is 0 Å². The van der Waals surface area contributed by atoms with Crippen LogP contribution in [0.25, 0.3) is 0 Å². The lowest BCUT2D eigenvalue weighted by atomic mass is 9.68. The van der Waals surface area contributed by atoms with Crippen molar-refractivity contribution in [2.75, 3.05) is 32.7 Å². The van der Waals surface area contributed by atoms with Gasteiger partial charge in [0.25, 0.3) is 5.92 Å². The van der Waals surface area contributed by atoms with Gasteiger partial charge in [-0.2, -0.15) is 0 Å². The van der Waals surface area contributed by atoms with E-state index in [0.29, 0.717) is 38.6 Å². The second kappa shape index (κ2) is 19.7. The number of nitrogens with one attached hydrogen (secondary N) is 1. The number of carbonyl (C=O) groups is 5. The fraction of sp³-hybridized carbons (Fsp3) is 0.595. The molecule has 302 valence electrons. The van der Waals surface area contributed by atoms with E-state index in [1.807, 2.05) is 74.5 Å². The van der Waals surface area contributed by atoms with E-state index in [2.05, 4.69) is 5.32 Å². The lowest BCUT2D eigenvalue weighted by molar-refractivity contribution is -0.225. The number of halogens is 2. The number of carbonyl (C=O) groups excluding carboxylic acids is 5. The molecule has 0 radical (unpaired) electrons. The largest absolute Gasteiger partial charge is 0.346 e. The van der Waals surface area contributed by atoms with Crippen molar-refractivity contribution in [3.63, 3.8) is 0 Å². The van der Waals surface area contributed by atoms with E-state index < -0.39 is 59.7 Å². The molecule has 2 saturated heterocycles. The number of hydrogen-bond donors (Lipinski definition) is 4. The maximum absolute atomic E-state index is 15.5. The second-order valence-electron chi connectivity index (χ2n) is 16.2. The third-order valence-electron chi connectivity index (χ3n) is 11.1. The molecule has 4 rings (SSSR count). The number of nitrogens with two attached hydrogens (primary N) is 3. The van der Waals surface area contributed by atoms with Crippen molar-refractivity contribution >= 4 is 29.3 Å². The van der Waals surface area contributed by atoms with Gasteiger partial charge in [-0.05, 0) is 69.0 Å². The van der Waals surface area contributed by atoms with Gasteiger partial charge in [0.15, 0.2) is 11.6 Å². The number of unbranched alkanes of at least 4 members (excludes halogenated alkanes) is 1. The molecule has 0 bridgehead atoms. The monoisotopic (exact) mass is 766 g/mol. The summed E-state index contributed by atoms with van der Waals surface area (Å²) in [4.78, 5) is 70.3. The first-order chi connectivity index (χ1) is 26.1. The van der Waals surface area contributed by atoms with Crippen LogP contribution in [-0.2, 0) is 36.8 Å². The molecule has 13 heteroatoms. The number of nitrogens with zero attached hydrogens (tertiary/aromatic N) is 2. The third-order valence-corrected chi connectivity index (χ3v) is 11.1. The minimum Gasteiger partial charge on any atom is -0.346 e. The van der Waals surface area contributed by atoms with Gasteiger partial charge in [-0.15, -0.1) is 0 Å². The van der Waals surface area contributed by atoms with Gasteiger partial charge in [0.1, 0.15) is 0 Å². The van der Waals surface area contributed by atoms with Crippen molar-refractivity contribution in [2.24, 2.45) is 40.4 Å². The maximum Gasteiger partial charge on any atom is 0.274 e. The van der Waals surface area contributed by atoms with Crippen LogP contribution in [0.4, 0.5) is 8.78 Å². The van der Waals surface area contributed by atoms with Gasteiger partial charge in [0.2, 0.25) is 17.7 Å². The van der Waals surface area contributed by atoms with Crippen molar-refractivity contribution in [3.8, 4) is 0 Å². The molecular weight excluding hydrogens is 706 g/mol. The standard InChI is InChI=1S/C42H60F2N6O5/c1-28(2)20-35(48-38(53)33(21-30-12-6-4-7-13-30)24-36(51)34(47)22-31-14-8-5-9-15-31)37(52)23-32(16-10-11-18-45)40(55)50-25-41(26-50)17-19-49(27-42(41,43)44)39(54)29(3)46/h4-9,12-15,28-29,32-35H,10-11,16-27,45-47H2,1-3H3,(H,48,53)/t29-,32+,33+,34-,35-/m1/s1. The van der Waals surface area contributed by atoms with Crippen LogP contribution >= 0.6 is 0 Å². The molecule has 0 aromatic heterocycles. The third kappa shape index (κ3) is 11.7. The summed E-state index contributed by atoms with van der Waals surface area (Å²) in [6, 6.07) is 16.1. The molecule has 11 nitrogen and oxygen atoms in total. The van der Waals surface area contributed by atoms with Gasteiger partial charge >= 0.3 is 0 Å². The molecule has 2 heterocycles. The van der Waals surface area contributed by atoms with Crippen molar-refractivity contribution in [1.29, 1.82) is 0 Å². The average Bonchev–Trinajstić information content (AvgIpc) is 3.12. The molecule has 2 aromatic rings. The van der Waals surface area contributed by atoms with Gasteiger partial charge < -0.3 is 32.3 Å². The van der Waals surface area contributed by atoms with Gasteiger partial charge in [-0.3, -0.25) is 24.0 Å². The summed E-state index contributed by atoms with van der Waals surface area (Å²) in [6.45, 7) is 4.75. The van der Waals surface area contributed by atoms with Crippen molar-refractivity contribution in [1.82, 2.24) is 15.1 Å². The number of hydrogen-bond acceptors (Lipinski definition) is 8. The van der Waals surface area contributed by atoms with Crippen LogP contribution < -0.4 is 22.5 Å². The summed E-state index contributed by atoms with van der Waals surface area (Å²) in [7, 11) is 0. The maximum atomic E-state index is 15.5. The molecule has 2 fully saturated rings. The summed E-state index contributed by atoms with van der Waals surface area (Å²) in [6.07, 6.45) is 2.16. The summed E-state index contributed by atoms with van der Waals surface area (Å²) in [5.74, 6) is -6.75. The highest BCUT2D eigenvalue weighted by Crippen LogP contribution is 2.50. The van der Waals surface area contributed by atoms with E-state index in [1.165, 1.54) is 11.8 Å². The van der Waals surface area contributed by atoms with Gasteiger partial charge in [0.05, 0.1) is 30.1 Å². The van der Waals surface area contributed by atoms with E-state index in [4.69, 9.17) is 17.2 Å². The fourth-order valence-corrected chi connectivity index (χ4v) is 7.78. The topological polar surface area (TPSA) is 182 Å². The normalized spacial score (nSPS) is 18.9. The van der Waals surface area contributed by atoms with Crippen LogP contribution in [0.5, 0.6) is 0 Å². The molecule has 2 aliphatic rings. The van der Waals surface area contributed by atoms with E-state index in [-0.39, 0.29) is 68.7 Å². The summed E-state index contributed by atoms with van der Waals surface area (Å²) in [5, 5.41) is 2.94. The van der Waals surface area contributed by atoms with Gasteiger partial charge in [0, 0.05) is 44.3 Å². The molecule has 0 unspecified atom stereocenters. The Bertz CT molecular complexity index is 1600. The van der Waals surface area contributed by atoms with Crippen LogP contribution in [0.1, 0.15) is 76.8 Å². The molecule has 2 aromatic carbocycles. The van der Waals surface area contributed by atoms with Crippen LogP contribution in [0.3, 0.4) is 0 Å². The lowest BCUT2D eigenvalue weighted by Crippen LogP contribution is -2.72. The minimum absolute atomic E-state index is 0.00613. The number of likely N-dealkylation sites (tertiary alicyclic amines) is 2. The van der Waals surface area contributed by atoms with Crippen molar-refractivity contribution in [3.05, 3.63) is 71.8 Å². The molecule has 55 heavy (non-hydrogen) atoms. The Morgan fingerprint density at radius 1 is 0.764 bits per heavy atom. The van der Waals surface area contributed by atoms with E-state index in [9.17, 15) is 24.0 Å². The number of benzene rings is 2. The Hall–Kier alpha value is -4.07. The Morgan fingerprint density at radius 3 is 1.89 bits per heavy atom. The smallest absolute Gasteiger partial charge is 0.274 e. The lowest BCUT2D eigenvalue weighted by Gasteiger charge is -2.57. The molecule has 2 aliphatic heterocycles. The number of ketones is 2. The number of alkyl halides is 2. The molecule has 7 N–H and O–H groups in total.